The molecule has 2 aliphatic heterocycles. The SMILES string of the molecule is Cc1ccc([C@H]2OCCC[C@H]2NC(=O)CN2CCCCC2=O)cc1. The Balaban J connectivity index is 1.61. The van der Waals surface area contributed by atoms with Crippen molar-refractivity contribution in [1.29, 1.82) is 0 Å². The summed E-state index contributed by atoms with van der Waals surface area (Å²) >= 11 is 0. The third kappa shape index (κ3) is 4.15. The van der Waals surface area contributed by atoms with E-state index in [1.54, 1.807) is 4.90 Å². The van der Waals surface area contributed by atoms with Crippen LogP contribution >= 0.6 is 0 Å². The van der Waals surface area contributed by atoms with E-state index in [1.807, 2.05) is 0 Å². The van der Waals surface area contributed by atoms with Crippen molar-refractivity contribution in [3.05, 3.63) is 35.4 Å². The third-order valence-electron chi connectivity index (χ3n) is 4.83. The second kappa shape index (κ2) is 7.79. The van der Waals surface area contributed by atoms with Gasteiger partial charge in [-0.2, -0.15) is 0 Å². The van der Waals surface area contributed by atoms with Crippen LogP contribution in [0.5, 0.6) is 0 Å². The molecule has 0 aliphatic carbocycles. The number of hydrogen-bond donors (Lipinski definition) is 1. The lowest BCUT2D eigenvalue weighted by molar-refractivity contribution is -0.138. The summed E-state index contributed by atoms with van der Waals surface area (Å²) in [7, 11) is 0. The molecule has 2 amide bonds. The molecule has 5 heteroatoms. The number of rotatable bonds is 4. The molecule has 1 aromatic carbocycles. The first-order valence-corrected chi connectivity index (χ1v) is 8.89. The van der Waals surface area contributed by atoms with Crippen molar-refractivity contribution in [2.45, 2.75) is 51.2 Å². The smallest absolute Gasteiger partial charge is 0.239 e. The zero-order valence-electron chi connectivity index (χ0n) is 14.3. The Kier molecular flexibility index (Phi) is 5.51. The average Bonchev–Trinajstić information content (AvgIpc) is 2.58. The fourth-order valence-electron chi connectivity index (χ4n) is 3.47. The van der Waals surface area contributed by atoms with E-state index < -0.39 is 0 Å². The summed E-state index contributed by atoms with van der Waals surface area (Å²) in [5.74, 6) is 0.00393. The molecule has 0 aromatic heterocycles. The molecule has 0 spiro atoms. The number of hydrogen-bond acceptors (Lipinski definition) is 3. The number of carbonyl (C=O) groups is 2. The van der Waals surface area contributed by atoms with E-state index in [2.05, 4.69) is 36.5 Å². The Hall–Kier alpha value is -1.88. The molecule has 2 atom stereocenters. The molecule has 1 N–H and O–H groups in total. The molecule has 0 saturated carbocycles. The second-order valence-corrected chi connectivity index (χ2v) is 6.79. The lowest BCUT2D eigenvalue weighted by Crippen LogP contribution is -2.48. The van der Waals surface area contributed by atoms with E-state index in [4.69, 9.17) is 4.74 Å². The number of nitrogens with zero attached hydrogens (tertiary/aromatic N) is 1. The summed E-state index contributed by atoms with van der Waals surface area (Å²) < 4.78 is 5.93. The number of ether oxygens (including phenoxy) is 1. The Labute approximate surface area is 143 Å². The van der Waals surface area contributed by atoms with Crippen LogP contribution in [0, 0.1) is 6.92 Å². The quantitative estimate of drug-likeness (QED) is 0.922. The van der Waals surface area contributed by atoms with Crippen LogP contribution < -0.4 is 5.32 Å². The molecule has 1 aromatic rings. The van der Waals surface area contributed by atoms with E-state index in [1.165, 1.54) is 5.56 Å². The van der Waals surface area contributed by atoms with Crippen molar-refractivity contribution >= 4 is 11.8 Å². The van der Waals surface area contributed by atoms with Crippen LogP contribution in [0.4, 0.5) is 0 Å². The highest BCUT2D eigenvalue weighted by Crippen LogP contribution is 2.28. The van der Waals surface area contributed by atoms with Crippen LogP contribution in [-0.4, -0.2) is 42.5 Å². The summed E-state index contributed by atoms with van der Waals surface area (Å²) in [6.07, 6.45) is 4.21. The molecular formula is C19H26N2O3. The Bertz CT molecular complexity index is 585. The minimum Gasteiger partial charge on any atom is -0.371 e. The van der Waals surface area contributed by atoms with Gasteiger partial charge in [0.15, 0.2) is 0 Å². The Morgan fingerprint density at radius 1 is 1.25 bits per heavy atom. The van der Waals surface area contributed by atoms with Crippen LogP contribution in [-0.2, 0) is 14.3 Å². The van der Waals surface area contributed by atoms with Gasteiger partial charge in [0.1, 0.15) is 6.10 Å². The molecule has 130 valence electrons. The molecule has 2 aliphatic rings. The lowest BCUT2D eigenvalue weighted by Gasteiger charge is -2.34. The first-order chi connectivity index (χ1) is 11.6. The van der Waals surface area contributed by atoms with Gasteiger partial charge in [0.05, 0.1) is 12.6 Å². The summed E-state index contributed by atoms with van der Waals surface area (Å²) in [4.78, 5) is 25.9. The molecule has 24 heavy (non-hydrogen) atoms. The maximum Gasteiger partial charge on any atom is 0.239 e. The molecule has 5 nitrogen and oxygen atoms in total. The highest BCUT2D eigenvalue weighted by atomic mass is 16.5. The predicted molar refractivity (Wildman–Crippen MR) is 91.5 cm³/mol. The van der Waals surface area contributed by atoms with Gasteiger partial charge >= 0.3 is 0 Å². The van der Waals surface area contributed by atoms with E-state index >= 15 is 0 Å². The summed E-state index contributed by atoms with van der Waals surface area (Å²) in [5.41, 5.74) is 2.30. The van der Waals surface area contributed by atoms with Crippen LogP contribution in [0.3, 0.4) is 0 Å². The molecule has 2 heterocycles. The highest BCUT2D eigenvalue weighted by Gasteiger charge is 2.29. The maximum absolute atomic E-state index is 12.4. The van der Waals surface area contributed by atoms with E-state index in [0.717, 1.165) is 37.9 Å². The number of likely N-dealkylation sites (tertiary alicyclic amines) is 1. The Morgan fingerprint density at radius 2 is 2.04 bits per heavy atom. The van der Waals surface area contributed by atoms with Gasteiger partial charge in [0.25, 0.3) is 0 Å². The molecule has 0 bridgehead atoms. The highest BCUT2D eigenvalue weighted by molar-refractivity contribution is 5.85. The molecule has 0 unspecified atom stereocenters. The number of nitrogens with one attached hydrogen (secondary N) is 1. The van der Waals surface area contributed by atoms with Gasteiger partial charge in [-0.25, -0.2) is 0 Å². The third-order valence-corrected chi connectivity index (χ3v) is 4.83. The van der Waals surface area contributed by atoms with Crippen molar-refractivity contribution in [2.75, 3.05) is 19.7 Å². The number of amides is 2. The van der Waals surface area contributed by atoms with E-state index in [-0.39, 0.29) is 30.5 Å². The molecule has 2 fully saturated rings. The second-order valence-electron chi connectivity index (χ2n) is 6.79. The van der Waals surface area contributed by atoms with Crippen LogP contribution in [0.15, 0.2) is 24.3 Å². The van der Waals surface area contributed by atoms with Gasteiger partial charge in [-0.15, -0.1) is 0 Å². The Morgan fingerprint density at radius 3 is 2.79 bits per heavy atom. The first kappa shape index (κ1) is 17.0. The van der Waals surface area contributed by atoms with Gasteiger partial charge in [0.2, 0.25) is 11.8 Å². The predicted octanol–water partition coefficient (Wildman–Crippen LogP) is 2.34. The zero-order chi connectivity index (χ0) is 16.9. The fourth-order valence-corrected chi connectivity index (χ4v) is 3.47. The minimum absolute atomic E-state index is 0.0335. The largest absolute Gasteiger partial charge is 0.371 e. The normalized spacial score (nSPS) is 24.7. The van der Waals surface area contributed by atoms with Crippen molar-refractivity contribution in [2.24, 2.45) is 0 Å². The van der Waals surface area contributed by atoms with Gasteiger partial charge in [-0.05, 0) is 38.2 Å². The van der Waals surface area contributed by atoms with Crippen LogP contribution in [0.25, 0.3) is 0 Å². The topological polar surface area (TPSA) is 58.6 Å². The molecule has 3 rings (SSSR count). The summed E-state index contributed by atoms with van der Waals surface area (Å²) in [6, 6.07) is 8.24. The number of benzene rings is 1. The monoisotopic (exact) mass is 330 g/mol. The van der Waals surface area contributed by atoms with E-state index in [0.29, 0.717) is 13.0 Å². The van der Waals surface area contributed by atoms with E-state index in [9.17, 15) is 9.59 Å². The van der Waals surface area contributed by atoms with Gasteiger partial charge in [0, 0.05) is 19.6 Å². The maximum atomic E-state index is 12.4. The number of aryl methyl sites for hydroxylation is 1. The fraction of sp³-hybridized carbons (Fsp3) is 0.579. The summed E-state index contributed by atoms with van der Waals surface area (Å²) in [5, 5.41) is 3.09. The lowest BCUT2D eigenvalue weighted by atomic mass is 9.95. The van der Waals surface area contributed by atoms with Crippen molar-refractivity contribution in [1.82, 2.24) is 10.2 Å². The first-order valence-electron chi connectivity index (χ1n) is 8.89. The molecule has 2 saturated heterocycles. The number of piperidine rings is 1. The average molecular weight is 330 g/mol. The minimum atomic E-state index is -0.111. The molecule has 0 radical (unpaired) electrons. The molecular weight excluding hydrogens is 304 g/mol. The standard InChI is InChI=1S/C19H26N2O3/c1-14-7-9-15(10-8-14)19-16(5-4-12-24-19)20-17(22)13-21-11-3-2-6-18(21)23/h7-10,16,19H,2-6,11-13H2,1H3,(H,20,22)/t16-,19-/m1/s1. The zero-order valence-corrected chi connectivity index (χ0v) is 14.3. The number of carbonyl (C=O) groups excluding carboxylic acids is 2. The van der Waals surface area contributed by atoms with Crippen molar-refractivity contribution < 1.29 is 14.3 Å². The summed E-state index contributed by atoms with van der Waals surface area (Å²) in [6.45, 7) is 3.63. The van der Waals surface area contributed by atoms with Gasteiger partial charge in [-0.1, -0.05) is 29.8 Å². The van der Waals surface area contributed by atoms with Crippen LogP contribution in [0.1, 0.15) is 49.3 Å². The van der Waals surface area contributed by atoms with Gasteiger partial charge in [-0.3, -0.25) is 9.59 Å². The van der Waals surface area contributed by atoms with Gasteiger partial charge < -0.3 is 15.0 Å². The van der Waals surface area contributed by atoms with Crippen LogP contribution in [0.2, 0.25) is 0 Å². The van der Waals surface area contributed by atoms with Crippen molar-refractivity contribution in [3.8, 4) is 0 Å². The van der Waals surface area contributed by atoms with Crippen molar-refractivity contribution in [3.63, 3.8) is 0 Å².